The highest BCUT2D eigenvalue weighted by molar-refractivity contribution is 7.89. The second-order valence-corrected chi connectivity index (χ2v) is 5.13. The molecule has 2 rings (SSSR count). The number of aromatic nitrogens is 4. The van der Waals surface area contributed by atoms with Crippen molar-refractivity contribution in [3.05, 3.63) is 24.0 Å². The highest BCUT2D eigenvalue weighted by atomic mass is 32.2. The van der Waals surface area contributed by atoms with E-state index < -0.39 is 10.0 Å². The van der Waals surface area contributed by atoms with E-state index in [0.717, 1.165) is 6.39 Å². The van der Waals surface area contributed by atoms with Gasteiger partial charge in [-0.25, -0.2) is 13.1 Å². The van der Waals surface area contributed by atoms with Crippen LogP contribution in [0.2, 0.25) is 0 Å². The summed E-state index contributed by atoms with van der Waals surface area (Å²) in [4.78, 5) is 3.72. The largest absolute Gasteiger partial charge is 0.343 e. The van der Waals surface area contributed by atoms with Gasteiger partial charge in [-0.2, -0.15) is 10.1 Å². The molecule has 98 valence electrons. The van der Waals surface area contributed by atoms with E-state index in [1.54, 1.807) is 7.05 Å². The summed E-state index contributed by atoms with van der Waals surface area (Å²) in [6.45, 7) is 0.353. The fourth-order valence-electron chi connectivity index (χ4n) is 1.35. The Kier molecular flexibility index (Phi) is 3.69. The van der Waals surface area contributed by atoms with E-state index in [4.69, 9.17) is 0 Å². The Bertz CT molecular complexity index is 590. The molecule has 3 N–H and O–H groups in total. The molecule has 0 aliphatic rings. The summed E-state index contributed by atoms with van der Waals surface area (Å²) in [6, 6.07) is 0. The highest BCUT2D eigenvalue weighted by Gasteiger charge is 2.20. The van der Waals surface area contributed by atoms with Crippen molar-refractivity contribution in [2.75, 3.05) is 7.05 Å². The molecule has 0 bridgehead atoms. The van der Waals surface area contributed by atoms with E-state index in [2.05, 4.69) is 34.9 Å². The third-order valence-corrected chi connectivity index (χ3v) is 3.56. The van der Waals surface area contributed by atoms with Crippen molar-refractivity contribution >= 4 is 10.0 Å². The zero-order valence-corrected chi connectivity index (χ0v) is 10.4. The predicted molar refractivity (Wildman–Crippen MR) is 59.7 cm³/mol. The Morgan fingerprint density at radius 2 is 2.28 bits per heavy atom. The first kappa shape index (κ1) is 12.7. The molecule has 0 aliphatic carbocycles. The van der Waals surface area contributed by atoms with E-state index >= 15 is 0 Å². The summed E-state index contributed by atoms with van der Waals surface area (Å²) in [5, 5.41) is 12.6. The van der Waals surface area contributed by atoms with Crippen molar-refractivity contribution in [1.29, 1.82) is 0 Å². The smallest absolute Gasteiger partial charge is 0.258 e. The highest BCUT2D eigenvalue weighted by Crippen LogP contribution is 2.11. The number of rotatable bonds is 6. The molecule has 9 nitrogen and oxygen atoms in total. The van der Waals surface area contributed by atoms with Crippen LogP contribution in [0.4, 0.5) is 0 Å². The molecule has 2 aromatic heterocycles. The van der Waals surface area contributed by atoms with Crippen LogP contribution in [-0.2, 0) is 23.1 Å². The van der Waals surface area contributed by atoms with Gasteiger partial charge >= 0.3 is 0 Å². The maximum atomic E-state index is 12.0. The fourth-order valence-corrected chi connectivity index (χ4v) is 2.46. The molecule has 0 unspecified atom stereocenters. The van der Waals surface area contributed by atoms with Crippen molar-refractivity contribution in [2.24, 2.45) is 0 Å². The summed E-state index contributed by atoms with van der Waals surface area (Å²) in [6.07, 6.45) is 2.59. The standard InChI is InChI=1S/C8H12N6O3S/c1-9-2-6-3-11-13-8(6)18(15,16)12-4-7-10-5-17-14-7/h3,5,9,12H,2,4H2,1H3,(H,11,13). The molecule has 2 heterocycles. The Morgan fingerprint density at radius 3 is 2.94 bits per heavy atom. The first-order chi connectivity index (χ1) is 8.63. The van der Waals surface area contributed by atoms with Gasteiger partial charge < -0.3 is 9.84 Å². The van der Waals surface area contributed by atoms with Gasteiger partial charge in [-0.3, -0.25) is 5.10 Å². The molecule has 0 aromatic carbocycles. The molecule has 0 atom stereocenters. The number of nitrogens with zero attached hydrogens (tertiary/aromatic N) is 3. The maximum absolute atomic E-state index is 12.0. The monoisotopic (exact) mass is 272 g/mol. The van der Waals surface area contributed by atoms with Crippen molar-refractivity contribution in [3.63, 3.8) is 0 Å². The van der Waals surface area contributed by atoms with Crippen molar-refractivity contribution in [2.45, 2.75) is 18.1 Å². The molecular weight excluding hydrogens is 260 g/mol. The minimum absolute atomic E-state index is 0.0281. The van der Waals surface area contributed by atoms with Gasteiger partial charge in [0.05, 0.1) is 12.7 Å². The van der Waals surface area contributed by atoms with Crippen LogP contribution in [0.15, 0.2) is 22.1 Å². The van der Waals surface area contributed by atoms with Gasteiger partial charge in [-0.15, -0.1) is 0 Å². The van der Waals surface area contributed by atoms with E-state index in [1.165, 1.54) is 6.20 Å². The van der Waals surface area contributed by atoms with Crippen LogP contribution in [0.25, 0.3) is 0 Å². The second-order valence-electron chi connectivity index (χ2n) is 3.43. The molecule has 0 amide bonds. The van der Waals surface area contributed by atoms with Crippen LogP contribution in [0.3, 0.4) is 0 Å². The molecule has 0 fully saturated rings. The Hall–Kier alpha value is -1.78. The van der Waals surface area contributed by atoms with Crippen LogP contribution >= 0.6 is 0 Å². The van der Waals surface area contributed by atoms with Crippen LogP contribution < -0.4 is 10.0 Å². The average Bonchev–Trinajstić information content (AvgIpc) is 2.97. The summed E-state index contributed by atoms with van der Waals surface area (Å²) in [7, 11) is -1.96. The summed E-state index contributed by atoms with van der Waals surface area (Å²) in [5.41, 5.74) is 0.554. The summed E-state index contributed by atoms with van der Waals surface area (Å²) >= 11 is 0. The lowest BCUT2D eigenvalue weighted by Gasteiger charge is -2.04. The summed E-state index contributed by atoms with van der Waals surface area (Å²) < 4.78 is 30.8. The number of aromatic amines is 1. The van der Waals surface area contributed by atoms with E-state index in [9.17, 15) is 8.42 Å². The molecule has 18 heavy (non-hydrogen) atoms. The zero-order valence-electron chi connectivity index (χ0n) is 9.54. The molecule has 10 heteroatoms. The molecule has 0 radical (unpaired) electrons. The lowest BCUT2D eigenvalue weighted by atomic mass is 10.4. The average molecular weight is 272 g/mol. The van der Waals surface area contributed by atoms with Gasteiger partial charge in [0.25, 0.3) is 10.0 Å². The van der Waals surface area contributed by atoms with Crippen molar-refractivity contribution in [3.8, 4) is 0 Å². The number of nitrogens with one attached hydrogen (secondary N) is 3. The van der Waals surface area contributed by atoms with Crippen LogP contribution in [0.1, 0.15) is 11.4 Å². The molecule has 0 saturated heterocycles. The first-order valence-electron chi connectivity index (χ1n) is 5.05. The maximum Gasteiger partial charge on any atom is 0.258 e. The van der Waals surface area contributed by atoms with Gasteiger partial charge in [-0.1, -0.05) is 5.16 Å². The van der Waals surface area contributed by atoms with E-state index in [1.807, 2.05) is 0 Å². The third-order valence-electron chi connectivity index (χ3n) is 2.14. The SMILES string of the molecule is CNCc1cn[nH]c1S(=O)(=O)NCc1ncon1. The lowest BCUT2D eigenvalue weighted by Crippen LogP contribution is -2.25. The van der Waals surface area contributed by atoms with Gasteiger partial charge in [0, 0.05) is 12.1 Å². The molecule has 0 spiro atoms. The molecular formula is C8H12N6O3S. The normalized spacial score (nSPS) is 11.8. The van der Waals surface area contributed by atoms with Gasteiger partial charge in [0.2, 0.25) is 6.39 Å². The first-order valence-corrected chi connectivity index (χ1v) is 6.53. The summed E-state index contributed by atoms with van der Waals surface area (Å²) in [5.74, 6) is 0.258. The minimum Gasteiger partial charge on any atom is -0.343 e. The van der Waals surface area contributed by atoms with Gasteiger partial charge in [0.15, 0.2) is 10.9 Å². The van der Waals surface area contributed by atoms with Crippen molar-refractivity contribution in [1.82, 2.24) is 30.4 Å². The van der Waals surface area contributed by atoms with Crippen LogP contribution in [-0.4, -0.2) is 35.8 Å². The fraction of sp³-hybridized carbons (Fsp3) is 0.375. The Balaban J connectivity index is 2.12. The topological polar surface area (TPSA) is 126 Å². The number of H-pyrrole nitrogens is 1. The predicted octanol–water partition coefficient (Wildman–Crippen LogP) is -1.01. The molecule has 0 saturated carbocycles. The quantitative estimate of drug-likeness (QED) is 0.615. The zero-order chi connectivity index (χ0) is 13.0. The number of hydrogen-bond donors (Lipinski definition) is 3. The molecule has 0 aliphatic heterocycles. The van der Waals surface area contributed by atoms with Crippen molar-refractivity contribution < 1.29 is 12.9 Å². The van der Waals surface area contributed by atoms with E-state index in [-0.39, 0.29) is 17.4 Å². The second kappa shape index (κ2) is 5.25. The number of hydrogen-bond acceptors (Lipinski definition) is 7. The Labute approximate surface area is 103 Å². The van der Waals surface area contributed by atoms with Gasteiger partial charge in [0.1, 0.15) is 0 Å². The van der Waals surface area contributed by atoms with Gasteiger partial charge in [-0.05, 0) is 7.05 Å². The number of sulfonamides is 1. The van der Waals surface area contributed by atoms with Crippen LogP contribution in [0.5, 0.6) is 0 Å². The lowest BCUT2D eigenvalue weighted by molar-refractivity contribution is 0.409. The molecule has 2 aromatic rings. The third kappa shape index (κ3) is 2.72. The van der Waals surface area contributed by atoms with Crippen LogP contribution in [0, 0.1) is 0 Å². The minimum atomic E-state index is -3.68. The Morgan fingerprint density at radius 1 is 1.44 bits per heavy atom. The van der Waals surface area contributed by atoms with E-state index in [0.29, 0.717) is 12.1 Å².